The van der Waals surface area contributed by atoms with Crippen LogP contribution in [0.15, 0.2) is 34.5 Å². The number of sulfonamides is 1. The lowest BCUT2D eigenvalue weighted by molar-refractivity contribution is 0.597. The number of aromatic amines is 1. The molecule has 0 spiro atoms. The summed E-state index contributed by atoms with van der Waals surface area (Å²) in [7, 11) is -3.85. The van der Waals surface area contributed by atoms with Crippen molar-refractivity contribution in [2.24, 2.45) is 5.14 Å². The number of hydrogen-bond acceptors (Lipinski definition) is 7. The molecule has 0 bridgehead atoms. The van der Waals surface area contributed by atoms with Gasteiger partial charge in [-0.2, -0.15) is 5.21 Å². The summed E-state index contributed by atoms with van der Waals surface area (Å²) in [4.78, 5) is 1.22. The molecule has 0 unspecified atom stereocenters. The fraction of sp³-hybridized carbons (Fsp3) is 0.154. The van der Waals surface area contributed by atoms with Crippen LogP contribution in [0.4, 0.5) is 5.69 Å². The predicted octanol–water partition coefficient (Wildman–Crippen LogP) is 2.12. The number of rotatable bonds is 6. The summed E-state index contributed by atoms with van der Waals surface area (Å²) in [5.74, 6) is 0.300. The molecule has 0 aliphatic rings. The molecule has 0 atom stereocenters. The van der Waals surface area contributed by atoms with E-state index in [1.807, 2.05) is 17.5 Å². The van der Waals surface area contributed by atoms with Crippen molar-refractivity contribution in [3.63, 3.8) is 0 Å². The van der Waals surface area contributed by atoms with Crippen LogP contribution in [0, 0.1) is 0 Å². The van der Waals surface area contributed by atoms with E-state index in [2.05, 4.69) is 48.5 Å². The van der Waals surface area contributed by atoms with Crippen LogP contribution in [-0.2, 0) is 21.0 Å². The largest absolute Gasteiger partial charge is 0.380 e. The zero-order valence-corrected chi connectivity index (χ0v) is 16.0. The number of nitrogens with zero attached hydrogens (tertiary/aromatic N) is 3. The minimum atomic E-state index is -3.85. The van der Waals surface area contributed by atoms with E-state index in [1.54, 1.807) is 17.4 Å². The van der Waals surface area contributed by atoms with Gasteiger partial charge >= 0.3 is 0 Å². The zero-order valence-electron chi connectivity index (χ0n) is 12.2. The first kappa shape index (κ1) is 17.3. The third-order valence-corrected chi connectivity index (χ3v) is 5.96. The standard InChI is InChI=1S/C13H13IN6O2S2/c14-6-8-4-11(16-7-9-2-1-3-23-9)10(13-17-19-20-18-13)5-12(8)24(15,21)22/h1-5,16H,6-7H2,(H2,15,21,22)(H,17,18,19,20). The molecule has 0 saturated heterocycles. The van der Waals surface area contributed by atoms with Gasteiger partial charge in [-0.05, 0) is 34.4 Å². The Morgan fingerprint density at radius 3 is 2.79 bits per heavy atom. The molecule has 3 rings (SSSR count). The van der Waals surface area contributed by atoms with Gasteiger partial charge in [-0.3, -0.25) is 0 Å². The smallest absolute Gasteiger partial charge is 0.238 e. The Balaban J connectivity index is 2.08. The number of hydrogen-bond donors (Lipinski definition) is 3. The van der Waals surface area contributed by atoms with Crippen molar-refractivity contribution in [2.75, 3.05) is 5.32 Å². The highest BCUT2D eigenvalue weighted by Gasteiger charge is 2.20. The quantitative estimate of drug-likeness (QED) is 0.370. The van der Waals surface area contributed by atoms with Crippen molar-refractivity contribution in [3.05, 3.63) is 40.1 Å². The predicted molar refractivity (Wildman–Crippen MR) is 100 cm³/mol. The average molecular weight is 476 g/mol. The highest BCUT2D eigenvalue weighted by atomic mass is 127. The van der Waals surface area contributed by atoms with Gasteiger partial charge in [0.1, 0.15) is 0 Å². The fourth-order valence-corrected chi connectivity index (χ4v) is 4.51. The fourth-order valence-electron chi connectivity index (χ4n) is 2.20. The number of alkyl halides is 1. The molecule has 8 nitrogen and oxygen atoms in total. The number of primary sulfonamides is 1. The molecule has 0 saturated carbocycles. The Hall–Kier alpha value is -1.57. The van der Waals surface area contributed by atoms with Gasteiger partial charge in [-0.25, -0.2) is 13.6 Å². The van der Waals surface area contributed by atoms with Crippen molar-refractivity contribution in [1.29, 1.82) is 0 Å². The highest BCUT2D eigenvalue weighted by Crippen LogP contribution is 2.32. The summed E-state index contributed by atoms with van der Waals surface area (Å²) in [5, 5.41) is 24.5. The van der Waals surface area contributed by atoms with E-state index in [0.29, 0.717) is 27.9 Å². The van der Waals surface area contributed by atoms with Crippen molar-refractivity contribution < 1.29 is 8.42 Å². The van der Waals surface area contributed by atoms with E-state index >= 15 is 0 Å². The maximum atomic E-state index is 11.9. The minimum absolute atomic E-state index is 0.0679. The van der Waals surface area contributed by atoms with Gasteiger partial charge < -0.3 is 5.32 Å². The molecule has 0 fully saturated rings. The number of aromatic nitrogens is 4. The minimum Gasteiger partial charge on any atom is -0.380 e. The van der Waals surface area contributed by atoms with E-state index in [4.69, 9.17) is 5.14 Å². The molecule has 0 aliphatic heterocycles. The number of benzene rings is 1. The summed E-state index contributed by atoms with van der Waals surface area (Å²) >= 11 is 3.74. The molecule has 0 amide bonds. The number of H-pyrrole nitrogens is 1. The lowest BCUT2D eigenvalue weighted by Gasteiger charge is -2.14. The second-order valence-corrected chi connectivity index (χ2v) is 8.18. The number of nitrogens with two attached hydrogens (primary N) is 1. The van der Waals surface area contributed by atoms with E-state index in [-0.39, 0.29) is 4.90 Å². The first-order valence-corrected chi connectivity index (χ1v) is 10.7. The van der Waals surface area contributed by atoms with Crippen molar-refractivity contribution in [2.45, 2.75) is 15.9 Å². The van der Waals surface area contributed by atoms with Gasteiger partial charge in [0.2, 0.25) is 15.8 Å². The molecule has 2 heterocycles. The van der Waals surface area contributed by atoms with E-state index in [0.717, 1.165) is 10.6 Å². The van der Waals surface area contributed by atoms with Crippen molar-refractivity contribution >= 4 is 49.6 Å². The van der Waals surface area contributed by atoms with Gasteiger partial charge in [0.05, 0.1) is 4.90 Å². The Kier molecular flexibility index (Phi) is 5.12. The SMILES string of the molecule is NS(=O)(=O)c1cc(-c2nn[nH]n2)c(NCc2cccs2)cc1CI. The molecular weight excluding hydrogens is 463 g/mol. The van der Waals surface area contributed by atoms with Crippen LogP contribution in [0.5, 0.6) is 0 Å². The molecule has 4 N–H and O–H groups in total. The summed E-state index contributed by atoms with van der Waals surface area (Å²) in [6.45, 7) is 0.609. The number of nitrogens with one attached hydrogen (secondary N) is 2. The Bertz CT molecular complexity index is 926. The highest BCUT2D eigenvalue weighted by molar-refractivity contribution is 14.1. The first-order chi connectivity index (χ1) is 11.5. The van der Waals surface area contributed by atoms with E-state index in [9.17, 15) is 8.42 Å². The maximum absolute atomic E-state index is 11.9. The van der Waals surface area contributed by atoms with Gasteiger partial charge in [0, 0.05) is 27.1 Å². The van der Waals surface area contributed by atoms with Gasteiger partial charge in [0.25, 0.3) is 0 Å². The monoisotopic (exact) mass is 476 g/mol. The van der Waals surface area contributed by atoms with Crippen LogP contribution in [0.25, 0.3) is 11.4 Å². The Labute approximate surface area is 156 Å². The van der Waals surface area contributed by atoms with E-state index < -0.39 is 10.0 Å². The van der Waals surface area contributed by atoms with Crippen molar-refractivity contribution in [3.8, 4) is 11.4 Å². The third-order valence-electron chi connectivity index (χ3n) is 3.27. The Morgan fingerprint density at radius 1 is 1.38 bits per heavy atom. The summed E-state index contributed by atoms with van der Waals surface area (Å²) in [6.07, 6.45) is 0. The second kappa shape index (κ2) is 7.13. The topological polar surface area (TPSA) is 127 Å². The average Bonchev–Trinajstić information content (AvgIpc) is 3.24. The molecule has 126 valence electrons. The van der Waals surface area contributed by atoms with Gasteiger partial charge in [-0.1, -0.05) is 28.7 Å². The molecule has 0 aliphatic carbocycles. The lowest BCUT2D eigenvalue weighted by atomic mass is 10.1. The summed E-state index contributed by atoms with van der Waals surface area (Å²) < 4.78 is 24.3. The lowest BCUT2D eigenvalue weighted by Crippen LogP contribution is -2.15. The number of halogens is 1. The molecule has 24 heavy (non-hydrogen) atoms. The number of thiophene rings is 1. The molecule has 11 heteroatoms. The normalized spacial score (nSPS) is 11.6. The summed E-state index contributed by atoms with van der Waals surface area (Å²) in [5.41, 5.74) is 1.88. The second-order valence-electron chi connectivity index (χ2n) is 4.85. The Morgan fingerprint density at radius 2 is 2.21 bits per heavy atom. The zero-order chi connectivity index (χ0) is 17.2. The van der Waals surface area contributed by atoms with Crippen LogP contribution in [0.3, 0.4) is 0 Å². The van der Waals surface area contributed by atoms with Crippen LogP contribution in [-0.4, -0.2) is 29.0 Å². The number of tetrazole rings is 1. The molecule has 0 radical (unpaired) electrons. The molecular formula is C13H13IN6O2S2. The van der Waals surface area contributed by atoms with Crippen LogP contribution in [0.1, 0.15) is 10.4 Å². The molecule has 3 aromatic rings. The molecule has 1 aromatic carbocycles. The number of anilines is 1. The van der Waals surface area contributed by atoms with Gasteiger partial charge in [-0.15, -0.1) is 21.5 Å². The van der Waals surface area contributed by atoms with Crippen molar-refractivity contribution in [1.82, 2.24) is 20.6 Å². The third kappa shape index (κ3) is 3.74. The van der Waals surface area contributed by atoms with Crippen LogP contribution in [0.2, 0.25) is 0 Å². The van der Waals surface area contributed by atoms with E-state index in [1.165, 1.54) is 6.07 Å². The maximum Gasteiger partial charge on any atom is 0.238 e. The first-order valence-electron chi connectivity index (χ1n) is 6.75. The summed E-state index contributed by atoms with van der Waals surface area (Å²) in [6, 6.07) is 7.25. The van der Waals surface area contributed by atoms with Crippen LogP contribution >= 0.6 is 33.9 Å². The van der Waals surface area contributed by atoms with Gasteiger partial charge in [0.15, 0.2) is 0 Å². The van der Waals surface area contributed by atoms with Crippen LogP contribution < -0.4 is 10.5 Å². The molecule has 2 aromatic heterocycles.